The van der Waals surface area contributed by atoms with Crippen LogP contribution >= 0.6 is 0 Å². The second kappa shape index (κ2) is 39.8. The molecule has 27 N–H and O–H groups in total. The molecule has 0 aliphatic carbocycles. The van der Waals surface area contributed by atoms with E-state index in [0.717, 1.165) is 27.7 Å². The summed E-state index contributed by atoms with van der Waals surface area (Å²) in [5.74, 6) is -3.65. The number of carbonyl (C=O) groups is 4. The first kappa shape index (κ1) is 90.9. The Labute approximate surface area is 620 Å². The van der Waals surface area contributed by atoms with Crippen LogP contribution in [0, 0.1) is 0 Å². The van der Waals surface area contributed by atoms with Gasteiger partial charge in [-0.15, -0.1) is 0 Å². The van der Waals surface area contributed by atoms with Crippen LogP contribution in [0.15, 0.2) is 0 Å². The highest BCUT2D eigenvalue weighted by Gasteiger charge is 2.60. The van der Waals surface area contributed by atoms with Crippen LogP contribution in [0.3, 0.4) is 0 Å². The van der Waals surface area contributed by atoms with E-state index in [-0.39, 0.29) is 0 Å². The average Bonchev–Trinajstić information content (AvgIpc) is 0.772. The quantitative estimate of drug-likeness (QED) is 0.0318. The highest BCUT2D eigenvalue weighted by Crippen LogP contribution is 2.40. The van der Waals surface area contributed by atoms with Gasteiger partial charge in [-0.2, -0.15) is 0 Å². The lowest BCUT2D eigenvalue weighted by atomic mass is 9.93. The highest BCUT2D eigenvalue weighted by molar-refractivity contribution is 5.74. The number of hydrogen-bond acceptors (Lipinski definition) is 43. The molecule has 47 nitrogen and oxygen atoms in total. The Morgan fingerprint density at radius 2 is 0.716 bits per heavy atom. The van der Waals surface area contributed by atoms with E-state index >= 15 is 0 Å². The van der Waals surface area contributed by atoms with Gasteiger partial charge in [0.25, 0.3) is 0 Å². The normalized spacial score (nSPS) is 46.9. The lowest BCUT2D eigenvalue weighted by molar-refractivity contribution is -0.409. The first-order valence-electron chi connectivity index (χ1n) is 35.1. The summed E-state index contributed by atoms with van der Waals surface area (Å²) in [5, 5.41) is 266. The highest BCUT2D eigenvalue weighted by atomic mass is 16.8. The Balaban J connectivity index is 1.21. The number of aliphatic hydroxyl groups excluding tert-OH is 23. The van der Waals surface area contributed by atoms with Gasteiger partial charge in [0.1, 0.15) is 195 Å². The minimum absolute atomic E-state index is 0.843. The monoisotopic (exact) mass is 1590 g/mol. The van der Waals surface area contributed by atoms with Crippen LogP contribution in [0.1, 0.15) is 48.5 Å². The summed E-state index contributed by atoms with van der Waals surface area (Å²) in [6.07, 6.45) is -81.7. The topological polar surface area (TPSA) is 729 Å². The molecule has 8 aliphatic rings. The molecule has 8 heterocycles. The van der Waals surface area contributed by atoms with Crippen LogP contribution in [0.2, 0.25) is 0 Å². The van der Waals surface area contributed by atoms with Gasteiger partial charge in [0.15, 0.2) is 50.3 Å². The minimum Gasteiger partial charge on any atom is -0.394 e. The number of rotatable bonds is 30. The summed E-state index contributed by atoms with van der Waals surface area (Å²) in [7, 11) is 0. The van der Waals surface area contributed by atoms with Crippen molar-refractivity contribution in [3.8, 4) is 0 Å². The molecule has 0 saturated carbocycles. The van der Waals surface area contributed by atoms with Crippen molar-refractivity contribution < 1.29 is 212 Å². The van der Waals surface area contributed by atoms with Crippen molar-refractivity contribution in [3.63, 3.8) is 0 Å². The van der Waals surface area contributed by atoms with E-state index < -0.39 is 340 Å². The van der Waals surface area contributed by atoms with Gasteiger partial charge >= 0.3 is 0 Å². The molecule has 0 aromatic carbocycles. The van der Waals surface area contributed by atoms with Gasteiger partial charge in [-0.1, -0.05) is 0 Å². The Morgan fingerprint density at radius 3 is 1.17 bits per heavy atom. The fraction of sp³-hybridized carbons (Fsp3) is 0.935. The average molecular weight is 1600 g/mol. The third kappa shape index (κ3) is 21.0. The number of hydrogen-bond donors (Lipinski definition) is 27. The van der Waals surface area contributed by atoms with Crippen LogP contribution in [0.5, 0.6) is 0 Å². The summed E-state index contributed by atoms with van der Waals surface area (Å²) in [5.41, 5.74) is 0. The van der Waals surface area contributed by atoms with E-state index in [1.54, 1.807) is 0 Å². The molecule has 0 aromatic rings. The maximum Gasteiger partial charge on any atom is 0.217 e. The lowest BCUT2D eigenvalue weighted by Crippen LogP contribution is -2.71. The SMILES string of the molecule is CC(=O)N[C@H]1[C@H](OC[C@H]2O[C@@H](O[C@@H]([C@@H](O)[C@H](O)CO[C@@H]3O[C@H](CO)[C@@H](O[C@@H]4O[C@@H](C)[C@@H](O)[C@@H](O)[C@@H]4O)[C@H](O[C@@H]4O[C@H](CO)[C@@H](O)[C@H](O)[C@H]4NC(C)=O)[C@H]3NC(C)=O)[C@H](CO)NC(C)=O)[C@H](O[C@@H]3O[C@@H](C)[C@@H](O)[C@@H](O)[C@@H]3O)[C@@H](O[C@@H]3O[C@H](CO)[C@H](O)[C@H](O)[C@H]3O[C@@H]3O[C@@H](C)[C@@H](O)[C@@H](O)[C@@H]3O)[C@H]2O)O[C@H](CO)[C@@H](O)[C@@H]1O. The van der Waals surface area contributed by atoms with Crippen molar-refractivity contribution >= 4 is 23.6 Å². The second-order valence-corrected chi connectivity index (χ2v) is 27.9. The molecule has 44 atom stereocenters. The zero-order valence-electron chi connectivity index (χ0n) is 59.8. The molecule has 8 saturated heterocycles. The van der Waals surface area contributed by atoms with E-state index in [1.807, 2.05) is 0 Å². The number of aliphatic hydroxyl groups is 23. The molecular weight excluding hydrogens is 1490 g/mol. The molecule has 0 spiro atoms. The minimum atomic E-state index is -2.65. The molecule has 8 rings (SSSR count). The lowest BCUT2D eigenvalue weighted by Gasteiger charge is -2.51. The second-order valence-electron chi connectivity index (χ2n) is 27.9. The Hall–Kier alpha value is -3.68. The third-order valence-corrected chi connectivity index (χ3v) is 19.9. The van der Waals surface area contributed by atoms with Gasteiger partial charge in [-0.05, 0) is 20.8 Å². The number of amides is 4. The molecule has 0 radical (unpaired) electrons. The van der Waals surface area contributed by atoms with Crippen molar-refractivity contribution in [1.82, 2.24) is 21.3 Å². The van der Waals surface area contributed by atoms with E-state index in [1.165, 1.54) is 20.8 Å². The van der Waals surface area contributed by atoms with Gasteiger partial charge in [0.05, 0.1) is 70.6 Å². The van der Waals surface area contributed by atoms with Gasteiger partial charge in [-0.25, -0.2) is 0 Å². The standard InChI is InChI=1S/C62H106N4O43/c1-15-32(77)42(87)46(91)58(96-15)105-50-27(12-71)102-56(31(66-21(7)75)51(50)106-57-30(65-20(6)74)41(86)37(82)25(10-69)100-57)94-13-23(76)35(80)49(22(8-67)63-18(4)72)104-62-54(109-60-48(93)44(89)34(79)17(3)98-60)52(39(84)28(103-62)14-95-55-29(64-19(5)73)40(85)36(81)24(9-68)99-55)107-61-53(45(90)38(83)26(11-70)101-61)108-59-47(92)43(88)33(78)16(2)97-59/h15-17,22-62,67-71,76-93H,8-14H2,1-7H3,(H,63,72)(H,64,73)(H,65,74)(H,66,75)/t15-,16-,17-,22-,23+,24+,25+,26+,27+,28+,29+,30+,31+,32+,33+,34+,35-,36+,37+,38-,39-,40+,41+,42+,43+,44+,45-,46-,47-,48-,49+,50+,51+,52-,53+,54+,55+,56+,57-,58-,59-,60-,61-,62-/m0/s1. The molecule has 8 fully saturated rings. The van der Waals surface area contributed by atoms with Crippen molar-refractivity contribution in [2.24, 2.45) is 0 Å². The third-order valence-electron chi connectivity index (χ3n) is 19.9. The van der Waals surface area contributed by atoms with Crippen LogP contribution in [-0.2, 0) is 95.0 Å². The molecule has 0 aromatic heterocycles. The molecular formula is C62H106N4O43. The summed E-state index contributed by atoms with van der Waals surface area (Å²) in [4.78, 5) is 51.7. The van der Waals surface area contributed by atoms with Gasteiger partial charge in [0, 0.05) is 27.7 Å². The maximum absolute atomic E-state index is 13.4. The van der Waals surface area contributed by atoms with Gasteiger partial charge in [0.2, 0.25) is 23.6 Å². The summed E-state index contributed by atoms with van der Waals surface area (Å²) in [6.45, 7) is -0.396. The van der Waals surface area contributed by atoms with Crippen molar-refractivity contribution in [1.29, 1.82) is 0 Å². The Bertz CT molecular complexity index is 2860. The smallest absolute Gasteiger partial charge is 0.217 e. The zero-order valence-corrected chi connectivity index (χ0v) is 59.8. The van der Waals surface area contributed by atoms with Crippen molar-refractivity contribution in [2.75, 3.05) is 46.2 Å². The van der Waals surface area contributed by atoms with E-state index in [2.05, 4.69) is 21.3 Å². The molecule has 4 amide bonds. The Morgan fingerprint density at radius 1 is 0.339 bits per heavy atom. The molecule has 0 bridgehead atoms. The predicted octanol–water partition coefficient (Wildman–Crippen LogP) is -17.3. The van der Waals surface area contributed by atoms with Crippen LogP contribution in [-0.4, -0.2) is 457 Å². The van der Waals surface area contributed by atoms with Crippen LogP contribution in [0.4, 0.5) is 0 Å². The maximum atomic E-state index is 13.4. The fourth-order valence-corrected chi connectivity index (χ4v) is 13.8. The van der Waals surface area contributed by atoms with E-state index in [9.17, 15) is 137 Å². The first-order valence-corrected chi connectivity index (χ1v) is 35.1. The molecule has 109 heavy (non-hydrogen) atoms. The van der Waals surface area contributed by atoms with Gasteiger partial charge < -0.3 is 215 Å². The molecule has 47 heteroatoms. The van der Waals surface area contributed by atoms with Crippen LogP contribution < -0.4 is 21.3 Å². The van der Waals surface area contributed by atoms with Crippen LogP contribution in [0.25, 0.3) is 0 Å². The molecule has 8 aliphatic heterocycles. The number of carbonyl (C=O) groups excluding carboxylic acids is 4. The fourth-order valence-electron chi connectivity index (χ4n) is 13.8. The number of ether oxygens (including phenoxy) is 16. The molecule has 632 valence electrons. The first-order chi connectivity index (χ1) is 51.3. The zero-order chi connectivity index (χ0) is 80.8. The largest absolute Gasteiger partial charge is 0.394 e. The Kier molecular flexibility index (Phi) is 33.2. The summed E-state index contributed by atoms with van der Waals surface area (Å²) < 4.78 is 96.9. The predicted molar refractivity (Wildman–Crippen MR) is 341 cm³/mol. The van der Waals surface area contributed by atoms with Crippen molar-refractivity contribution in [2.45, 2.75) is 318 Å². The summed E-state index contributed by atoms with van der Waals surface area (Å²) in [6, 6.07) is -7.40. The molecule has 0 unspecified atom stereocenters. The van der Waals surface area contributed by atoms with E-state index in [0.29, 0.717) is 0 Å². The van der Waals surface area contributed by atoms with Crippen molar-refractivity contribution in [3.05, 3.63) is 0 Å². The number of nitrogens with one attached hydrogen (secondary N) is 4. The summed E-state index contributed by atoms with van der Waals surface area (Å²) >= 11 is 0. The van der Waals surface area contributed by atoms with E-state index in [4.69, 9.17) is 75.8 Å². The van der Waals surface area contributed by atoms with Gasteiger partial charge in [-0.3, -0.25) is 19.2 Å².